The van der Waals surface area contributed by atoms with E-state index in [1.54, 1.807) is 0 Å². The average molecular weight is 765 g/mol. The van der Waals surface area contributed by atoms with E-state index in [4.69, 9.17) is 0 Å². The molecular formula is C58H40Si. The van der Waals surface area contributed by atoms with E-state index >= 15 is 0 Å². The van der Waals surface area contributed by atoms with Crippen molar-refractivity contribution in [2.75, 3.05) is 0 Å². The van der Waals surface area contributed by atoms with Gasteiger partial charge in [0.1, 0.15) is 8.07 Å². The molecule has 0 atom stereocenters. The fourth-order valence-electron chi connectivity index (χ4n) is 10.1. The van der Waals surface area contributed by atoms with Gasteiger partial charge in [-0.2, -0.15) is 0 Å². The topological polar surface area (TPSA) is 0 Å². The van der Waals surface area contributed by atoms with Gasteiger partial charge in [0.25, 0.3) is 0 Å². The molecule has 0 N–H and O–H groups in total. The first kappa shape index (κ1) is 34.0. The van der Waals surface area contributed by atoms with Gasteiger partial charge in [-0.1, -0.05) is 183 Å². The summed E-state index contributed by atoms with van der Waals surface area (Å²) in [6.45, 7) is 5.07. The van der Waals surface area contributed by atoms with Gasteiger partial charge in [-0.3, -0.25) is 0 Å². The summed E-state index contributed by atoms with van der Waals surface area (Å²) in [7, 11) is -1.98. The van der Waals surface area contributed by atoms with Crippen LogP contribution in [0.5, 0.6) is 0 Å². The molecule has 0 fully saturated rings. The van der Waals surface area contributed by atoms with Gasteiger partial charge in [-0.25, -0.2) is 0 Å². The van der Waals surface area contributed by atoms with Gasteiger partial charge in [0.05, 0.1) is 0 Å². The first-order valence-corrected chi connectivity index (χ1v) is 23.7. The van der Waals surface area contributed by atoms with Crippen molar-refractivity contribution < 1.29 is 0 Å². The van der Waals surface area contributed by atoms with E-state index in [1.165, 1.54) is 120 Å². The Morgan fingerprint density at radius 2 is 0.695 bits per heavy atom. The zero-order valence-electron chi connectivity index (χ0n) is 33.1. The van der Waals surface area contributed by atoms with Crippen molar-refractivity contribution in [2.24, 2.45) is 0 Å². The van der Waals surface area contributed by atoms with Crippen LogP contribution in [0.4, 0.5) is 0 Å². The van der Waals surface area contributed by atoms with Crippen LogP contribution in [0.25, 0.3) is 109 Å². The SMILES string of the molecule is C[Si]1(C)c2ccccc2-c2cc3c(-c4ccc5ccccc5c4)c4ccc(-c5ccc6cc(-c7ccccc7)ccc6c5)cc4c(-c4ccc5ccccc5c4)c3cc21. The molecule has 11 aromatic rings. The predicted molar refractivity (Wildman–Crippen MR) is 258 cm³/mol. The minimum atomic E-state index is -1.98. The van der Waals surface area contributed by atoms with Crippen LogP contribution in [0.3, 0.4) is 0 Å². The number of benzene rings is 11. The monoisotopic (exact) mass is 764 g/mol. The molecule has 0 saturated heterocycles. The molecule has 1 aliphatic rings. The summed E-state index contributed by atoms with van der Waals surface area (Å²) in [6, 6.07) is 77.7. The van der Waals surface area contributed by atoms with Gasteiger partial charge in [0.2, 0.25) is 0 Å². The molecular weight excluding hydrogens is 725 g/mol. The number of hydrogen-bond acceptors (Lipinski definition) is 0. The van der Waals surface area contributed by atoms with E-state index < -0.39 is 8.07 Å². The highest BCUT2D eigenvalue weighted by Crippen LogP contribution is 2.47. The second-order valence-corrected chi connectivity index (χ2v) is 21.2. The molecule has 1 heteroatoms. The van der Waals surface area contributed by atoms with Crippen LogP contribution in [0.1, 0.15) is 0 Å². The summed E-state index contributed by atoms with van der Waals surface area (Å²) in [4.78, 5) is 0. The van der Waals surface area contributed by atoms with Crippen molar-refractivity contribution in [2.45, 2.75) is 13.1 Å². The molecule has 0 radical (unpaired) electrons. The molecule has 12 rings (SSSR count). The Labute approximate surface area is 345 Å². The Morgan fingerprint density at radius 1 is 0.254 bits per heavy atom. The first-order chi connectivity index (χ1) is 29.0. The van der Waals surface area contributed by atoms with E-state index in [0.29, 0.717) is 0 Å². The highest BCUT2D eigenvalue weighted by atomic mass is 28.3. The van der Waals surface area contributed by atoms with Crippen LogP contribution in [-0.4, -0.2) is 8.07 Å². The van der Waals surface area contributed by atoms with E-state index in [9.17, 15) is 0 Å². The molecule has 0 nitrogen and oxygen atoms in total. The highest BCUT2D eigenvalue weighted by Gasteiger charge is 2.38. The first-order valence-electron chi connectivity index (χ1n) is 20.7. The predicted octanol–water partition coefficient (Wildman–Crippen LogP) is 14.9. The second kappa shape index (κ2) is 13.0. The van der Waals surface area contributed by atoms with Crippen LogP contribution in [0.2, 0.25) is 13.1 Å². The maximum atomic E-state index is 2.61. The van der Waals surface area contributed by atoms with Crippen LogP contribution in [0.15, 0.2) is 206 Å². The fraction of sp³-hybridized carbons (Fsp3) is 0.0345. The lowest BCUT2D eigenvalue weighted by molar-refractivity contribution is 1.63. The van der Waals surface area contributed by atoms with Crippen LogP contribution >= 0.6 is 0 Å². The second-order valence-electron chi connectivity index (χ2n) is 16.9. The Kier molecular flexibility index (Phi) is 7.48. The molecule has 59 heavy (non-hydrogen) atoms. The minimum Gasteiger partial charge on any atom is -0.0623 e. The molecule has 0 saturated carbocycles. The molecule has 1 heterocycles. The smallest absolute Gasteiger partial charge is 0.0623 e. The van der Waals surface area contributed by atoms with Crippen molar-refractivity contribution in [3.05, 3.63) is 206 Å². The Balaban J connectivity index is 1.17. The summed E-state index contributed by atoms with van der Waals surface area (Å²) in [5.74, 6) is 0. The van der Waals surface area contributed by atoms with Crippen molar-refractivity contribution >= 4 is 72.3 Å². The van der Waals surface area contributed by atoms with E-state index in [-0.39, 0.29) is 0 Å². The molecule has 276 valence electrons. The molecule has 0 bridgehead atoms. The zero-order chi connectivity index (χ0) is 39.2. The van der Waals surface area contributed by atoms with Crippen LogP contribution in [-0.2, 0) is 0 Å². The van der Waals surface area contributed by atoms with Gasteiger partial charge < -0.3 is 0 Å². The molecule has 0 aliphatic carbocycles. The Bertz CT molecular complexity index is 3520. The van der Waals surface area contributed by atoms with Gasteiger partial charge in [-0.05, 0) is 156 Å². The summed E-state index contributed by atoms with van der Waals surface area (Å²) in [5.41, 5.74) is 12.8. The molecule has 0 aromatic heterocycles. The van der Waals surface area contributed by atoms with Crippen molar-refractivity contribution in [1.82, 2.24) is 0 Å². The van der Waals surface area contributed by atoms with Gasteiger partial charge in [-0.15, -0.1) is 0 Å². The maximum Gasteiger partial charge on any atom is 0.113 e. The summed E-state index contributed by atoms with van der Waals surface area (Å²) in [5, 5.41) is 15.8. The third-order valence-electron chi connectivity index (χ3n) is 13.2. The number of hydrogen-bond donors (Lipinski definition) is 0. The van der Waals surface area contributed by atoms with E-state index in [0.717, 1.165) is 0 Å². The summed E-state index contributed by atoms with van der Waals surface area (Å²) >= 11 is 0. The van der Waals surface area contributed by atoms with Gasteiger partial charge in [0.15, 0.2) is 0 Å². The third kappa shape index (κ3) is 5.35. The molecule has 11 aromatic carbocycles. The average Bonchev–Trinajstić information content (AvgIpc) is 3.51. The Morgan fingerprint density at radius 3 is 1.37 bits per heavy atom. The van der Waals surface area contributed by atoms with Gasteiger partial charge in [0, 0.05) is 0 Å². The normalized spacial score (nSPS) is 13.1. The standard InChI is InChI=1S/C58H40Si/c1-59(2)55-19-11-10-18-49(55)51-35-53-54(36-56(51)59)58(48-27-21-39-15-7-9-17-41(39)33-48)52-34-46(28-29-50(52)57(53)47-26-20-38-14-6-8-16-40(38)32-47)45-25-24-43-30-42(22-23-44(43)31-45)37-12-4-3-5-13-37/h3-36H,1-2H3. The molecule has 0 spiro atoms. The third-order valence-corrected chi connectivity index (χ3v) is 16.7. The van der Waals surface area contributed by atoms with E-state index in [1.807, 2.05) is 0 Å². The van der Waals surface area contributed by atoms with Crippen LogP contribution in [0, 0.1) is 0 Å². The fourth-order valence-corrected chi connectivity index (χ4v) is 13.2. The number of fused-ring (bicyclic) bond motifs is 8. The van der Waals surface area contributed by atoms with Crippen molar-refractivity contribution in [1.29, 1.82) is 0 Å². The van der Waals surface area contributed by atoms with Crippen LogP contribution < -0.4 is 10.4 Å². The van der Waals surface area contributed by atoms with Crippen molar-refractivity contribution in [3.8, 4) is 55.6 Å². The highest BCUT2D eigenvalue weighted by molar-refractivity contribution is 7.04. The largest absolute Gasteiger partial charge is 0.113 e. The number of rotatable bonds is 4. The lowest BCUT2D eigenvalue weighted by Crippen LogP contribution is -2.49. The van der Waals surface area contributed by atoms with E-state index in [2.05, 4.69) is 219 Å². The Hall–Kier alpha value is -7.06. The van der Waals surface area contributed by atoms with Gasteiger partial charge >= 0.3 is 0 Å². The van der Waals surface area contributed by atoms with Crippen molar-refractivity contribution in [3.63, 3.8) is 0 Å². The molecule has 0 unspecified atom stereocenters. The lowest BCUT2D eigenvalue weighted by atomic mass is 9.83. The maximum absolute atomic E-state index is 2.61. The summed E-state index contributed by atoms with van der Waals surface area (Å²) in [6.07, 6.45) is 0. The lowest BCUT2D eigenvalue weighted by Gasteiger charge is -2.23. The zero-order valence-corrected chi connectivity index (χ0v) is 34.1. The molecule has 1 aliphatic heterocycles. The molecule has 0 amide bonds. The quantitative estimate of drug-likeness (QED) is 0.124. The summed E-state index contributed by atoms with van der Waals surface area (Å²) < 4.78 is 0. The minimum absolute atomic E-state index is 1.22.